The second-order valence-corrected chi connectivity index (χ2v) is 3.49. The van der Waals surface area contributed by atoms with E-state index in [1.165, 1.54) is 24.4 Å². The SMILES string of the molecule is CNc1cc([N+](=O)[O-])cc(-c2cncc(F)c2)n1. The van der Waals surface area contributed by atoms with Crippen LogP contribution in [0.15, 0.2) is 30.6 Å². The van der Waals surface area contributed by atoms with Gasteiger partial charge in [-0.05, 0) is 6.07 Å². The highest BCUT2D eigenvalue weighted by Gasteiger charge is 2.12. The van der Waals surface area contributed by atoms with Crippen LogP contribution in [0.3, 0.4) is 0 Å². The molecular formula is C11H9FN4O2. The van der Waals surface area contributed by atoms with Crippen molar-refractivity contribution in [3.63, 3.8) is 0 Å². The molecule has 1 N–H and O–H groups in total. The largest absolute Gasteiger partial charge is 0.373 e. The molecule has 0 radical (unpaired) electrons. The molecule has 0 aliphatic heterocycles. The maximum atomic E-state index is 13.1. The summed E-state index contributed by atoms with van der Waals surface area (Å²) in [6.45, 7) is 0. The van der Waals surface area contributed by atoms with E-state index in [2.05, 4.69) is 15.3 Å². The fraction of sp³-hybridized carbons (Fsp3) is 0.0909. The summed E-state index contributed by atoms with van der Waals surface area (Å²) in [5, 5.41) is 13.5. The lowest BCUT2D eigenvalue weighted by molar-refractivity contribution is -0.384. The van der Waals surface area contributed by atoms with Crippen molar-refractivity contribution in [1.29, 1.82) is 0 Å². The third-order valence-corrected chi connectivity index (χ3v) is 2.28. The van der Waals surface area contributed by atoms with Crippen LogP contribution in [0.5, 0.6) is 0 Å². The summed E-state index contributed by atoms with van der Waals surface area (Å²) in [6, 6.07) is 3.80. The molecule has 0 aliphatic rings. The number of halogens is 1. The third-order valence-electron chi connectivity index (χ3n) is 2.28. The Morgan fingerprint density at radius 2 is 2.11 bits per heavy atom. The lowest BCUT2D eigenvalue weighted by Crippen LogP contribution is -1.98. The number of hydrogen-bond acceptors (Lipinski definition) is 5. The number of hydrogen-bond donors (Lipinski definition) is 1. The van der Waals surface area contributed by atoms with E-state index in [1.807, 2.05) is 0 Å². The van der Waals surface area contributed by atoms with Crippen molar-refractivity contribution in [2.24, 2.45) is 0 Å². The molecule has 2 rings (SSSR count). The van der Waals surface area contributed by atoms with Gasteiger partial charge in [0.15, 0.2) is 0 Å². The smallest absolute Gasteiger partial charge is 0.275 e. The summed E-state index contributed by atoms with van der Waals surface area (Å²) in [6.07, 6.45) is 2.45. The maximum Gasteiger partial charge on any atom is 0.275 e. The second-order valence-electron chi connectivity index (χ2n) is 3.49. The van der Waals surface area contributed by atoms with Gasteiger partial charge in [-0.2, -0.15) is 0 Å². The lowest BCUT2D eigenvalue weighted by Gasteiger charge is -2.04. The molecule has 0 aliphatic carbocycles. The minimum atomic E-state index is -0.529. The average Bonchev–Trinajstić information content (AvgIpc) is 2.38. The second kappa shape index (κ2) is 4.74. The van der Waals surface area contributed by atoms with Crippen LogP contribution in [0.1, 0.15) is 0 Å². The van der Waals surface area contributed by atoms with Gasteiger partial charge in [0.1, 0.15) is 11.6 Å². The molecule has 0 amide bonds. The zero-order chi connectivity index (χ0) is 13.1. The van der Waals surface area contributed by atoms with Crippen LogP contribution in [0, 0.1) is 15.9 Å². The van der Waals surface area contributed by atoms with Gasteiger partial charge < -0.3 is 5.32 Å². The molecule has 2 aromatic rings. The van der Waals surface area contributed by atoms with E-state index in [9.17, 15) is 14.5 Å². The van der Waals surface area contributed by atoms with E-state index in [1.54, 1.807) is 7.05 Å². The third kappa shape index (κ3) is 2.40. The summed E-state index contributed by atoms with van der Waals surface area (Å²) < 4.78 is 13.1. The average molecular weight is 248 g/mol. The van der Waals surface area contributed by atoms with E-state index in [4.69, 9.17) is 0 Å². The molecule has 0 saturated carbocycles. The van der Waals surface area contributed by atoms with Gasteiger partial charge in [0.25, 0.3) is 5.69 Å². The Morgan fingerprint density at radius 3 is 2.72 bits per heavy atom. The lowest BCUT2D eigenvalue weighted by atomic mass is 10.2. The zero-order valence-corrected chi connectivity index (χ0v) is 9.42. The molecule has 0 fully saturated rings. The Hall–Kier alpha value is -2.57. The van der Waals surface area contributed by atoms with Crippen molar-refractivity contribution in [2.75, 3.05) is 12.4 Å². The van der Waals surface area contributed by atoms with Crippen LogP contribution in [-0.2, 0) is 0 Å². The molecule has 0 unspecified atom stereocenters. The van der Waals surface area contributed by atoms with E-state index in [0.29, 0.717) is 17.1 Å². The number of nitrogens with zero attached hydrogens (tertiary/aromatic N) is 3. The van der Waals surface area contributed by atoms with Gasteiger partial charge in [-0.25, -0.2) is 9.37 Å². The maximum absolute atomic E-state index is 13.1. The molecule has 92 valence electrons. The Kier molecular flexibility index (Phi) is 3.13. The van der Waals surface area contributed by atoms with E-state index in [0.717, 1.165) is 6.20 Å². The zero-order valence-electron chi connectivity index (χ0n) is 9.42. The van der Waals surface area contributed by atoms with Crippen LogP contribution in [0.4, 0.5) is 15.9 Å². The summed E-state index contributed by atoms with van der Waals surface area (Å²) in [5.74, 6) is -0.185. The van der Waals surface area contributed by atoms with Crippen molar-refractivity contribution in [3.05, 3.63) is 46.5 Å². The van der Waals surface area contributed by atoms with E-state index >= 15 is 0 Å². The first-order valence-corrected chi connectivity index (χ1v) is 5.05. The van der Waals surface area contributed by atoms with Gasteiger partial charge in [0, 0.05) is 24.9 Å². The summed E-state index contributed by atoms with van der Waals surface area (Å²) in [5.41, 5.74) is 0.560. The first kappa shape index (κ1) is 11.9. The van der Waals surface area contributed by atoms with Crippen molar-refractivity contribution in [3.8, 4) is 11.3 Å². The van der Waals surface area contributed by atoms with Crippen LogP contribution < -0.4 is 5.32 Å². The van der Waals surface area contributed by atoms with Gasteiger partial charge in [0.05, 0.1) is 22.9 Å². The highest BCUT2D eigenvalue weighted by molar-refractivity contribution is 5.64. The molecule has 0 saturated heterocycles. The molecule has 7 heteroatoms. The van der Waals surface area contributed by atoms with Crippen molar-refractivity contribution < 1.29 is 9.31 Å². The molecule has 6 nitrogen and oxygen atoms in total. The monoisotopic (exact) mass is 248 g/mol. The van der Waals surface area contributed by atoms with Gasteiger partial charge in [-0.15, -0.1) is 0 Å². The van der Waals surface area contributed by atoms with Gasteiger partial charge in [0.2, 0.25) is 0 Å². The summed E-state index contributed by atoms with van der Waals surface area (Å²) >= 11 is 0. The highest BCUT2D eigenvalue weighted by Crippen LogP contribution is 2.24. The van der Waals surface area contributed by atoms with Crippen molar-refractivity contribution in [2.45, 2.75) is 0 Å². The first-order chi connectivity index (χ1) is 8.60. The standard InChI is InChI=1S/C11H9FN4O2/c1-13-11-4-9(16(17)18)3-10(15-11)7-2-8(12)6-14-5-7/h2-6H,1H3,(H,13,15). The van der Waals surface area contributed by atoms with Crippen molar-refractivity contribution in [1.82, 2.24) is 9.97 Å². The molecule has 0 aromatic carbocycles. The van der Waals surface area contributed by atoms with Crippen LogP contribution in [0.2, 0.25) is 0 Å². The number of aromatic nitrogens is 2. The summed E-state index contributed by atoms with van der Waals surface area (Å²) in [7, 11) is 1.60. The summed E-state index contributed by atoms with van der Waals surface area (Å²) in [4.78, 5) is 18.1. The number of nitrogens with one attached hydrogen (secondary N) is 1. The van der Waals surface area contributed by atoms with Gasteiger partial charge in [-0.3, -0.25) is 15.1 Å². The number of anilines is 1. The Labute approximate surface area is 102 Å². The van der Waals surface area contributed by atoms with E-state index in [-0.39, 0.29) is 5.69 Å². The predicted molar refractivity (Wildman–Crippen MR) is 63.6 cm³/mol. The van der Waals surface area contributed by atoms with E-state index < -0.39 is 10.7 Å². The molecule has 0 atom stereocenters. The highest BCUT2D eigenvalue weighted by atomic mass is 19.1. The Bertz CT molecular complexity index is 603. The topological polar surface area (TPSA) is 81.0 Å². The number of pyridine rings is 2. The molecule has 2 heterocycles. The number of nitro groups is 1. The minimum absolute atomic E-state index is 0.117. The van der Waals surface area contributed by atoms with Crippen LogP contribution in [-0.4, -0.2) is 21.9 Å². The van der Waals surface area contributed by atoms with Crippen LogP contribution >= 0.6 is 0 Å². The fourth-order valence-electron chi connectivity index (χ4n) is 1.45. The van der Waals surface area contributed by atoms with Gasteiger partial charge in [-0.1, -0.05) is 0 Å². The predicted octanol–water partition coefficient (Wildman–Crippen LogP) is 2.23. The van der Waals surface area contributed by atoms with Gasteiger partial charge >= 0.3 is 0 Å². The fourth-order valence-corrected chi connectivity index (χ4v) is 1.45. The molecule has 2 aromatic heterocycles. The molecule has 18 heavy (non-hydrogen) atoms. The Morgan fingerprint density at radius 1 is 1.33 bits per heavy atom. The minimum Gasteiger partial charge on any atom is -0.373 e. The normalized spacial score (nSPS) is 10.1. The quantitative estimate of drug-likeness (QED) is 0.665. The Balaban J connectivity index is 2.56. The molecular weight excluding hydrogens is 239 g/mol. The van der Waals surface area contributed by atoms with Crippen LogP contribution in [0.25, 0.3) is 11.3 Å². The molecule has 0 spiro atoms. The number of rotatable bonds is 3. The van der Waals surface area contributed by atoms with Crippen molar-refractivity contribution >= 4 is 11.5 Å². The molecule has 0 bridgehead atoms. The first-order valence-electron chi connectivity index (χ1n) is 5.05.